The van der Waals surface area contributed by atoms with Crippen LogP contribution < -0.4 is 11.1 Å². The van der Waals surface area contributed by atoms with Gasteiger partial charge < -0.3 is 16.0 Å². The molecule has 1 heterocycles. The van der Waals surface area contributed by atoms with Crippen molar-refractivity contribution >= 4 is 29.2 Å². The maximum atomic E-state index is 11.2. The molecule has 1 aromatic carbocycles. The molecule has 0 aliphatic carbocycles. The average Bonchev–Trinajstić information content (AvgIpc) is 2.73. The molecule has 2 rings (SSSR count). The van der Waals surface area contributed by atoms with Crippen LogP contribution in [0.3, 0.4) is 0 Å². The third-order valence-corrected chi connectivity index (χ3v) is 2.76. The number of rotatable bonds is 5. The van der Waals surface area contributed by atoms with Crippen molar-refractivity contribution in [2.45, 2.75) is 12.8 Å². The van der Waals surface area contributed by atoms with Gasteiger partial charge in [-0.25, -0.2) is 0 Å². The lowest BCUT2D eigenvalue weighted by atomic mass is 10.1. The standard InChI is InChI=1S/C13H17N3O.ClH/c14-7-5-13(17)15-8-6-10-9-16-12-4-2-1-3-11(10)12;/h1-4,9,16H,5-8,14H2,(H,15,17);1H. The predicted octanol–water partition coefficient (Wildman–Crippen LogP) is 1.60. The van der Waals surface area contributed by atoms with Gasteiger partial charge in [0.05, 0.1) is 0 Å². The van der Waals surface area contributed by atoms with Crippen LogP contribution in [-0.2, 0) is 11.2 Å². The van der Waals surface area contributed by atoms with Gasteiger partial charge in [-0.3, -0.25) is 4.79 Å². The first-order valence-corrected chi connectivity index (χ1v) is 5.83. The van der Waals surface area contributed by atoms with E-state index in [1.54, 1.807) is 0 Å². The van der Waals surface area contributed by atoms with Gasteiger partial charge in [0.15, 0.2) is 0 Å². The summed E-state index contributed by atoms with van der Waals surface area (Å²) in [5, 5.41) is 4.08. The summed E-state index contributed by atoms with van der Waals surface area (Å²) in [6, 6.07) is 8.16. The molecule has 1 aromatic heterocycles. The van der Waals surface area contributed by atoms with Crippen molar-refractivity contribution < 1.29 is 4.79 Å². The van der Waals surface area contributed by atoms with Gasteiger partial charge >= 0.3 is 0 Å². The number of carbonyl (C=O) groups is 1. The second-order valence-electron chi connectivity index (χ2n) is 4.00. The van der Waals surface area contributed by atoms with Gasteiger partial charge in [0.2, 0.25) is 5.91 Å². The maximum Gasteiger partial charge on any atom is 0.221 e. The summed E-state index contributed by atoms with van der Waals surface area (Å²) in [6.07, 6.45) is 3.23. The fraction of sp³-hybridized carbons (Fsp3) is 0.308. The topological polar surface area (TPSA) is 70.9 Å². The zero-order chi connectivity index (χ0) is 12.1. The minimum Gasteiger partial charge on any atom is -0.361 e. The van der Waals surface area contributed by atoms with E-state index in [-0.39, 0.29) is 18.3 Å². The first-order chi connectivity index (χ1) is 8.31. The highest BCUT2D eigenvalue weighted by molar-refractivity contribution is 5.85. The van der Waals surface area contributed by atoms with Crippen molar-refractivity contribution in [1.82, 2.24) is 10.3 Å². The van der Waals surface area contributed by atoms with Crippen LogP contribution in [-0.4, -0.2) is 24.0 Å². The molecule has 0 saturated heterocycles. The first-order valence-electron chi connectivity index (χ1n) is 5.83. The largest absolute Gasteiger partial charge is 0.361 e. The number of hydrogen-bond acceptors (Lipinski definition) is 2. The van der Waals surface area contributed by atoms with Crippen LogP contribution in [0.1, 0.15) is 12.0 Å². The molecule has 0 aliphatic heterocycles. The van der Waals surface area contributed by atoms with Gasteiger partial charge in [0.25, 0.3) is 0 Å². The molecular formula is C13H18ClN3O. The summed E-state index contributed by atoms with van der Waals surface area (Å²) >= 11 is 0. The fourth-order valence-corrected chi connectivity index (χ4v) is 1.89. The van der Waals surface area contributed by atoms with Crippen molar-refractivity contribution in [1.29, 1.82) is 0 Å². The van der Waals surface area contributed by atoms with Crippen LogP contribution in [0.15, 0.2) is 30.5 Å². The molecule has 98 valence electrons. The van der Waals surface area contributed by atoms with E-state index >= 15 is 0 Å². The third-order valence-electron chi connectivity index (χ3n) is 2.76. The molecule has 0 bridgehead atoms. The zero-order valence-corrected chi connectivity index (χ0v) is 10.9. The Labute approximate surface area is 112 Å². The molecule has 18 heavy (non-hydrogen) atoms. The Hall–Kier alpha value is -1.52. The van der Waals surface area contributed by atoms with Gasteiger partial charge in [-0.05, 0) is 18.1 Å². The van der Waals surface area contributed by atoms with Crippen LogP contribution in [0.5, 0.6) is 0 Å². The SMILES string of the molecule is Cl.NCCC(=O)NCCc1c[nH]c2ccccc12. The number of benzene rings is 1. The predicted molar refractivity (Wildman–Crippen MR) is 75.9 cm³/mol. The monoisotopic (exact) mass is 267 g/mol. The van der Waals surface area contributed by atoms with Crippen molar-refractivity contribution in [3.63, 3.8) is 0 Å². The summed E-state index contributed by atoms with van der Waals surface area (Å²) < 4.78 is 0. The van der Waals surface area contributed by atoms with Crippen LogP contribution in [0.25, 0.3) is 10.9 Å². The lowest BCUT2D eigenvalue weighted by molar-refractivity contribution is -0.120. The van der Waals surface area contributed by atoms with Gasteiger partial charge in [-0.15, -0.1) is 12.4 Å². The molecule has 0 radical (unpaired) electrons. The second kappa shape index (κ2) is 7.03. The minimum atomic E-state index is 0. The number of fused-ring (bicyclic) bond motifs is 1. The summed E-state index contributed by atoms with van der Waals surface area (Å²) in [4.78, 5) is 14.5. The van der Waals surface area contributed by atoms with Gasteiger partial charge in [-0.2, -0.15) is 0 Å². The van der Waals surface area contributed by atoms with Gasteiger partial charge in [-0.1, -0.05) is 18.2 Å². The van der Waals surface area contributed by atoms with Crippen LogP contribution in [0.4, 0.5) is 0 Å². The van der Waals surface area contributed by atoms with Crippen molar-refractivity contribution in [2.75, 3.05) is 13.1 Å². The highest BCUT2D eigenvalue weighted by Gasteiger charge is 2.03. The summed E-state index contributed by atoms with van der Waals surface area (Å²) in [7, 11) is 0. The number of aromatic amines is 1. The van der Waals surface area contributed by atoms with E-state index in [9.17, 15) is 4.79 Å². The van der Waals surface area contributed by atoms with Crippen molar-refractivity contribution in [3.05, 3.63) is 36.0 Å². The molecule has 0 saturated carbocycles. The second-order valence-corrected chi connectivity index (χ2v) is 4.00. The molecule has 2 aromatic rings. The lowest BCUT2D eigenvalue weighted by Gasteiger charge is -2.03. The molecule has 0 aliphatic rings. The molecule has 0 spiro atoms. The number of carbonyl (C=O) groups excluding carboxylic acids is 1. The number of hydrogen-bond donors (Lipinski definition) is 3. The average molecular weight is 268 g/mol. The van der Waals surface area contributed by atoms with E-state index in [4.69, 9.17) is 5.73 Å². The highest BCUT2D eigenvalue weighted by Crippen LogP contribution is 2.17. The Morgan fingerprint density at radius 1 is 1.33 bits per heavy atom. The number of para-hydroxylation sites is 1. The first kappa shape index (κ1) is 14.5. The van der Waals surface area contributed by atoms with E-state index < -0.39 is 0 Å². The van der Waals surface area contributed by atoms with E-state index in [0.717, 1.165) is 11.9 Å². The quantitative estimate of drug-likeness (QED) is 0.770. The smallest absolute Gasteiger partial charge is 0.221 e. The fourth-order valence-electron chi connectivity index (χ4n) is 1.89. The minimum absolute atomic E-state index is 0. The Kier molecular flexibility index (Phi) is 5.68. The molecule has 1 amide bonds. The number of nitrogens with two attached hydrogens (primary N) is 1. The van der Waals surface area contributed by atoms with Crippen molar-refractivity contribution in [3.8, 4) is 0 Å². The molecule has 0 unspecified atom stereocenters. The van der Waals surface area contributed by atoms with E-state index in [2.05, 4.69) is 16.4 Å². The van der Waals surface area contributed by atoms with Crippen molar-refractivity contribution in [2.24, 2.45) is 5.73 Å². The Balaban J connectivity index is 0.00000162. The molecule has 0 atom stereocenters. The summed E-state index contributed by atoms with van der Waals surface area (Å²) in [5.41, 5.74) is 7.67. The van der Waals surface area contributed by atoms with E-state index in [1.165, 1.54) is 10.9 Å². The van der Waals surface area contributed by atoms with Gasteiger partial charge in [0.1, 0.15) is 0 Å². The normalized spacial score (nSPS) is 10.1. The lowest BCUT2D eigenvalue weighted by Crippen LogP contribution is -2.27. The summed E-state index contributed by atoms with van der Waals surface area (Å²) in [5.74, 6) is 0.0207. The van der Waals surface area contributed by atoms with Crippen LogP contribution in [0, 0.1) is 0 Å². The van der Waals surface area contributed by atoms with E-state index in [0.29, 0.717) is 19.5 Å². The van der Waals surface area contributed by atoms with Gasteiger partial charge in [0, 0.05) is 36.6 Å². The Morgan fingerprint density at radius 2 is 2.11 bits per heavy atom. The summed E-state index contributed by atoms with van der Waals surface area (Å²) in [6.45, 7) is 1.06. The number of halogens is 1. The van der Waals surface area contributed by atoms with Crippen LogP contribution in [0.2, 0.25) is 0 Å². The highest BCUT2D eigenvalue weighted by atomic mass is 35.5. The third kappa shape index (κ3) is 3.48. The van der Waals surface area contributed by atoms with E-state index in [1.807, 2.05) is 24.4 Å². The number of amides is 1. The molecule has 5 heteroatoms. The number of aromatic nitrogens is 1. The maximum absolute atomic E-state index is 11.2. The Morgan fingerprint density at radius 3 is 2.89 bits per heavy atom. The molecule has 4 nitrogen and oxygen atoms in total. The van der Waals surface area contributed by atoms with Crippen LogP contribution >= 0.6 is 12.4 Å². The molecule has 0 fully saturated rings. The number of nitrogens with one attached hydrogen (secondary N) is 2. The number of H-pyrrole nitrogens is 1. The zero-order valence-electron chi connectivity index (χ0n) is 10.1. The molecule has 4 N–H and O–H groups in total. The Bertz CT molecular complexity index is 510. The molecular weight excluding hydrogens is 250 g/mol.